The van der Waals surface area contributed by atoms with Crippen molar-refractivity contribution >= 4 is 23.1 Å². The molecule has 0 amide bonds. The van der Waals surface area contributed by atoms with Crippen molar-refractivity contribution in [1.82, 2.24) is 4.98 Å². The van der Waals surface area contributed by atoms with E-state index >= 15 is 0 Å². The third kappa shape index (κ3) is 2.82. The molecule has 1 aromatic carbocycles. The van der Waals surface area contributed by atoms with Gasteiger partial charge in [0, 0.05) is 28.2 Å². The standard InChI is InChI=1S/C13H11ClN2O/c14-9-4-5-11(12(15)7-9)13(17)8-10-3-1-2-6-16-10/h1-7H,8,15H2. The predicted octanol–water partition coefficient (Wildman–Crippen LogP) is 2.74. The van der Waals surface area contributed by atoms with Crippen molar-refractivity contribution in [3.8, 4) is 0 Å². The summed E-state index contributed by atoms with van der Waals surface area (Å²) in [7, 11) is 0. The SMILES string of the molecule is Nc1cc(Cl)ccc1C(=O)Cc1ccccn1. The van der Waals surface area contributed by atoms with Crippen molar-refractivity contribution in [2.75, 3.05) is 5.73 Å². The number of carbonyl (C=O) groups excluding carboxylic acids is 1. The third-order valence-electron chi connectivity index (χ3n) is 2.38. The second-order valence-electron chi connectivity index (χ2n) is 3.65. The molecule has 0 aliphatic carbocycles. The summed E-state index contributed by atoms with van der Waals surface area (Å²) in [4.78, 5) is 16.1. The van der Waals surface area contributed by atoms with Crippen LogP contribution in [0.2, 0.25) is 5.02 Å². The van der Waals surface area contributed by atoms with Gasteiger partial charge in [-0.05, 0) is 30.3 Å². The summed E-state index contributed by atoms with van der Waals surface area (Å²) >= 11 is 5.78. The lowest BCUT2D eigenvalue weighted by Gasteiger charge is -2.04. The Morgan fingerprint density at radius 3 is 2.76 bits per heavy atom. The van der Waals surface area contributed by atoms with Crippen LogP contribution in [0.25, 0.3) is 0 Å². The molecule has 0 aliphatic rings. The van der Waals surface area contributed by atoms with Gasteiger partial charge >= 0.3 is 0 Å². The van der Waals surface area contributed by atoms with E-state index in [2.05, 4.69) is 4.98 Å². The summed E-state index contributed by atoms with van der Waals surface area (Å²) in [6.45, 7) is 0. The van der Waals surface area contributed by atoms with Crippen LogP contribution >= 0.6 is 11.6 Å². The third-order valence-corrected chi connectivity index (χ3v) is 2.62. The summed E-state index contributed by atoms with van der Waals surface area (Å²) in [5.74, 6) is -0.0575. The topological polar surface area (TPSA) is 56.0 Å². The summed E-state index contributed by atoms with van der Waals surface area (Å²) in [5, 5.41) is 0.525. The largest absolute Gasteiger partial charge is 0.398 e. The molecule has 17 heavy (non-hydrogen) atoms. The molecule has 2 N–H and O–H groups in total. The minimum Gasteiger partial charge on any atom is -0.398 e. The molecule has 0 atom stereocenters. The number of rotatable bonds is 3. The van der Waals surface area contributed by atoms with E-state index in [4.69, 9.17) is 17.3 Å². The molecule has 86 valence electrons. The van der Waals surface area contributed by atoms with Crippen LogP contribution in [0.3, 0.4) is 0 Å². The maximum absolute atomic E-state index is 12.0. The summed E-state index contributed by atoms with van der Waals surface area (Å²) in [5.41, 5.74) is 7.37. The first-order valence-corrected chi connectivity index (χ1v) is 5.53. The van der Waals surface area contributed by atoms with Crippen molar-refractivity contribution in [3.05, 3.63) is 58.9 Å². The smallest absolute Gasteiger partial charge is 0.170 e. The average Bonchev–Trinajstić information content (AvgIpc) is 2.30. The highest BCUT2D eigenvalue weighted by Gasteiger charge is 2.11. The number of anilines is 1. The molecule has 0 spiro atoms. The zero-order chi connectivity index (χ0) is 12.3. The van der Waals surface area contributed by atoms with E-state index in [0.29, 0.717) is 16.3 Å². The molecule has 0 aliphatic heterocycles. The summed E-state index contributed by atoms with van der Waals surface area (Å²) in [6.07, 6.45) is 1.90. The van der Waals surface area contributed by atoms with Gasteiger partial charge in [0.05, 0.1) is 6.42 Å². The number of aromatic nitrogens is 1. The first-order chi connectivity index (χ1) is 8.16. The second kappa shape index (κ2) is 4.97. The molecule has 1 aromatic heterocycles. The number of benzene rings is 1. The van der Waals surface area contributed by atoms with Crippen LogP contribution in [0, 0.1) is 0 Å². The Morgan fingerprint density at radius 2 is 2.12 bits per heavy atom. The lowest BCUT2D eigenvalue weighted by atomic mass is 10.0. The monoisotopic (exact) mass is 246 g/mol. The number of Topliss-reactive ketones (excluding diaryl/α,β-unsaturated/α-hetero) is 1. The van der Waals surface area contributed by atoms with Gasteiger partial charge in [0.25, 0.3) is 0 Å². The van der Waals surface area contributed by atoms with Crippen LogP contribution in [0.4, 0.5) is 5.69 Å². The Labute approximate surface area is 104 Å². The normalized spacial score (nSPS) is 10.2. The zero-order valence-corrected chi connectivity index (χ0v) is 9.82. The van der Waals surface area contributed by atoms with E-state index in [1.165, 1.54) is 0 Å². The fourth-order valence-corrected chi connectivity index (χ4v) is 1.73. The van der Waals surface area contributed by atoms with Crippen LogP contribution in [-0.2, 0) is 6.42 Å². The minimum atomic E-state index is -0.0575. The van der Waals surface area contributed by atoms with Gasteiger partial charge in [-0.15, -0.1) is 0 Å². The number of nitrogen functional groups attached to an aromatic ring is 1. The molecule has 4 heteroatoms. The maximum Gasteiger partial charge on any atom is 0.170 e. The quantitative estimate of drug-likeness (QED) is 0.669. The van der Waals surface area contributed by atoms with Gasteiger partial charge < -0.3 is 5.73 Å². The van der Waals surface area contributed by atoms with E-state index in [9.17, 15) is 4.79 Å². The summed E-state index contributed by atoms with van der Waals surface area (Å²) < 4.78 is 0. The number of ketones is 1. The molecule has 0 saturated carbocycles. The Hall–Kier alpha value is -1.87. The number of pyridine rings is 1. The number of hydrogen-bond acceptors (Lipinski definition) is 3. The Balaban J connectivity index is 2.21. The molecule has 0 unspecified atom stereocenters. The zero-order valence-electron chi connectivity index (χ0n) is 9.06. The van der Waals surface area contributed by atoms with Crippen molar-refractivity contribution in [2.45, 2.75) is 6.42 Å². The first-order valence-electron chi connectivity index (χ1n) is 5.15. The van der Waals surface area contributed by atoms with Crippen molar-refractivity contribution < 1.29 is 4.79 Å². The maximum atomic E-state index is 12.0. The molecule has 0 radical (unpaired) electrons. The number of nitrogens with two attached hydrogens (primary N) is 1. The molecule has 1 heterocycles. The van der Waals surface area contributed by atoms with Gasteiger partial charge in [-0.1, -0.05) is 17.7 Å². The molecule has 2 aromatic rings. The van der Waals surface area contributed by atoms with E-state index in [1.807, 2.05) is 18.2 Å². The van der Waals surface area contributed by atoms with E-state index in [1.54, 1.807) is 24.4 Å². The highest BCUT2D eigenvalue weighted by Crippen LogP contribution is 2.19. The van der Waals surface area contributed by atoms with Crippen LogP contribution in [0.15, 0.2) is 42.6 Å². The number of halogens is 1. The molecular formula is C13H11ClN2O. The van der Waals surface area contributed by atoms with Crippen molar-refractivity contribution in [2.24, 2.45) is 0 Å². The van der Waals surface area contributed by atoms with Gasteiger partial charge in [-0.2, -0.15) is 0 Å². The average molecular weight is 247 g/mol. The minimum absolute atomic E-state index is 0.0575. The first kappa shape index (κ1) is 11.6. The van der Waals surface area contributed by atoms with E-state index in [-0.39, 0.29) is 12.2 Å². The Morgan fingerprint density at radius 1 is 1.29 bits per heavy atom. The second-order valence-corrected chi connectivity index (χ2v) is 4.09. The van der Waals surface area contributed by atoms with Gasteiger partial charge in [0.2, 0.25) is 0 Å². The number of carbonyl (C=O) groups is 1. The molecule has 2 rings (SSSR count). The van der Waals surface area contributed by atoms with Crippen LogP contribution in [0.5, 0.6) is 0 Å². The number of hydrogen-bond donors (Lipinski definition) is 1. The lowest BCUT2D eigenvalue weighted by Crippen LogP contribution is -2.07. The van der Waals surface area contributed by atoms with Gasteiger partial charge in [-0.3, -0.25) is 9.78 Å². The lowest BCUT2D eigenvalue weighted by molar-refractivity contribution is 0.0993. The highest BCUT2D eigenvalue weighted by atomic mass is 35.5. The van der Waals surface area contributed by atoms with Crippen molar-refractivity contribution in [3.63, 3.8) is 0 Å². The Kier molecular flexibility index (Phi) is 3.40. The predicted molar refractivity (Wildman–Crippen MR) is 68.1 cm³/mol. The molecule has 0 saturated heterocycles. The highest BCUT2D eigenvalue weighted by molar-refractivity contribution is 6.31. The van der Waals surface area contributed by atoms with Crippen LogP contribution in [-0.4, -0.2) is 10.8 Å². The molecule has 0 bridgehead atoms. The van der Waals surface area contributed by atoms with Gasteiger partial charge in [0.1, 0.15) is 0 Å². The summed E-state index contributed by atoms with van der Waals surface area (Å²) in [6, 6.07) is 10.3. The van der Waals surface area contributed by atoms with Gasteiger partial charge in [0.15, 0.2) is 5.78 Å². The van der Waals surface area contributed by atoms with E-state index in [0.717, 1.165) is 5.69 Å². The Bertz CT molecular complexity index is 540. The molecule has 0 fully saturated rings. The van der Waals surface area contributed by atoms with E-state index < -0.39 is 0 Å². The molecule has 3 nitrogen and oxygen atoms in total. The van der Waals surface area contributed by atoms with Gasteiger partial charge in [-0.25, -0.2) is 0 Å². The van der Waals surface area contributed by atoms with Crippen LogP contribution in [0.1, 0.15) is 16.1 Å². The van der Waals surface area contributed by atoms with Crippen LogP contribution < -0.4 is 5.73 Å². The number of nitrogens with zero attached hydrogens (tertiary/aromatic N) is 1. The molecular weight excluding hydrogens is 236 g/mol. The fourth-order valence-electron chi connectivity index (χ4n) is 1.55. The fraction of sp³-hybridized carbons (Fsp3) is 0.0769. The van der Waals surface area contributed by atoms with Crippen molar-refractivity contribution in [1.29, 1.82) is 0 Å².